The lowest BCUT2D eigenvalue weighted by molar-refractivity contribution is 0.0907. The molecule has 148 valence electrons. The minimum Gasteiger partial charge on any atom is -0.394 e. The Kier molecular flexibility index (Phi) is 4.45. The molecule has 0 spiro atoms. The van der Waals surface area contributed by atoms with Crippen molar-refractivity contribution in [3.05, 3.63) is 78.4 Å². The maximum Gasteiger partial charge on any atom is 0.289 e. The van der Waals surface area contributed by atoms with Gasteiger partial charge in [-0.05, 0) is 29.8 Å². The number of amides is 1. The van der Waals surface area contributed by atoms with Crippen LogP contribution in [0.15, 0.2) is 67.0 Å². The third-order valence-corrected chi connectivity index (χ3v) is 5.02. The number of rotatable bonds is 5. The SMILES string of the molecule is O=C(N[C@H](CO)c1ccccc1)c1nc2cc3[nH][nH]c(-c4ccncc4)c3cc2n1. The molecule has 8 heteroatoms. The number of pyridine rings is 1. The van der Waals surface area contributed by atoms with Crippen molar-refractivity contribution < 1.29 is 9.90 Å². The fourth-order valence-electron chi connectivity index (χ4n) is 3.51. The van der Waals surface area contributed by atoms with Crippen LogP contribution in [0, 0.1) is 0 Å². The van der Waals surface area contributed by atoms with Crippen molar-refractivity contribution in [2.75, 3.05) is 6.61 Å². The Bertz CT molecular complexity index is 1330. The molecule has 1 atom stereocenters. The van der Waals surface area contributed by atoms with Crippen LogP contribution in [0.5, 0.6) is 0 Å². The number of hydrogen-bond donors (Lipinski definition) is 4. The number of aromatic amines is 2. The molecule has 0 radical (unpaired) electrons. The molecule has 3 aromatic heterocycles. The van der Waals surface area contributed by atoms with Gasteiger partial charge in [-0.1, -0.05) is 30.3 Å². The van der Waals surface area contributed by atoms with E-state index in [1.54, 1.807) is 12.4 Å². The van der Waals surface area contributed by atoms with Gasteiger partial charge in [0.25, 0.3) is 5.91 Å². The lowest BCUT2D eigenvalue weighted by atomic mass is 10.1. The number of aliphatic hydroxyl groups is 1. The van der Waals surface area contributed by atoms with E-state index >= 15 is 0 Å². The van der Waals surface area contributed by atoms with Crippen molar-refractivity contribution in [1.29, 1.82) is 0 Å². The molecule has 0 fully saturated rings. The van der Waals surface area contributed by atoms with E-state index in [9.17, 15) is 9.90 Å². The molecular formula is C22H18N6O2. The number of nitrogens with zero attached hydrogens (tertiary/aromatic N) is 3. The molecule has 0 aliphatic rings. The molecule has 0 saturated heterocycles. The van der Waals surface area contributed by atoms with Gasteiger partial charge in [-0.3, -0.25) is 14.9 Å². The summed E-state index contributed by atoms with van der Waals surface area (Å²) in [6.45, 7) is -0.218. The Morgan fingerprint density at radius 1 is 1.00 bits per heavy atom. The predicted molar refractivity (Wildman–Crippen MR) is 113 cm³/mol. The van der Waals surface area contributed by atoms with Gasteiger partial charge in [-0.2, -0.15) is 0 Å². The van der Waals surface area contributed by atoms with Crippen molar-refractivity contribution in [3.8, 4) is 11.3 Å². The summed E-state index contributed by atoms with van der Waals surface area (Å²) < 4.78 is 0. The van der Waals surface area contributed by atoms with Crippen LogP contribution in [-0.2, 0) is 0 Å². The summed E-state index contributed by atoms with van der Waals surface area (Å²) in [6.07, 6.45) is 3.46. The zero-order chi connectivity index (χ0) is 20.5. The van der Waals surface area contributed by atoms with Crippen LogP contribution in [0.3, 0.4) is 0 Å². The highest BCUT2D eigenvalue weighted by atomic mass is 16.3. The van der Waals surface area contributed by atoms with E-state index in [0.717, 1.165) is 27.7 Å². The van der Waals surface area contributed by atoms with E-state index in [1.165, 1.54) is 0 Å². The minimum absolute atomic E-state index is 0.0708. The molecule has 0 bridgehead atoms. The maximum atomic E-state index is 12.7. The second kappa shape index (κ2) is 7.41. The van der Waals surface area contributed by atoms with E-state index in [1.807, 2.05) is 54.6 Å². The largest absolute Gasteiger partial charge is 0.394 e. The summed E-state index contributed by atoms with van der Waals surface area (Å²) in [4.78, 5) is 25.6. The molecule has 0 aliphatic heterocycles. The number of carbonyl (C=O) groups excluding carboxylic acids is 1. The topological polar surface area (TPSA) is 120 Å². The molecule has 8 nitrogen and oxygen atoms in total. The van der Waals surface area contributed by atoms with Gasteiger partial charge in [-0.15, -0.1) is 0 Å². The lowest BCUT2D eigenvalue weighted by Gasteiger charge is -2.15. The first-order valence-electron chi connectivity index (χ1n) is 9.48. The first kappa shape index (κ1) is 18.0. The van der Waals surface area contributed by atoms with Gasteiger partial charge in [-0.25, -0.2) is 9.97 Å². The second-order valence-corrected chi connectivity index (χ2v) is 6.91. The van der Waals surface area contributed by atoms with Crippen LogP contribution in [0.25, 0.3) is 33.2 Å². The van der Waals surface area contributed by atoms with E-state index in [2.05, 4.69) is 30.5 Å². The van der Waals surface area contributed by atoms with Gasteiger partial charge in [0.05, 0.1) is 34.9 Å². The van der Waals surface area contributed by atoms with Crippen molar-refractivity contribution in [3.63, 3.8) is 0 Å². The Hall–Kier alpha value is -4.04. The Morgan fingerprint density at radius 2 is 1.73 bits per heavy atom. The summed E-state index contributed by atoms with van der Waals surface area (Å²) in [5.41, 5.74) is 4.81. The van der Waals surface area contributed by atoms with Crippen molar-refractivity contribution >= 4 is 27.8 Å². The summed E-state index contributed by atoms with van der Waals surface area (Å²) in [5, 5.41) is 19.7. The van der Waals surface area contributed by atoms with Crippen LogP contribution in [0.1, 0.15) is 22.2 Å². The molecule has 0 saturated carbocycles. The first-order chi connectivity index (χ1) is 14.7. The number of imidazole rings is 1. The average Bonchev–Trinajstić information content (AvgIpc) is 3.40. The second-order valence-electron chi connectivity index (χ2n) is 6.91. The summed E-state index contributed by atoms with van der Waals surface area (Å²) in [6, 6.07) is 16.4. The molecule has 5 aromatic rings. The third-order valence-electron chi connectivity index (χ3n) is 5.02. The standard InChI is InChI=1S/C22H18N6O2/c29-12-19(13-4-2-1-3-5-13)26-22(30)21-24-17-10-15-16(11-18(17)25-21)27-28-20(15)14-6-8-23-9-7-14/h1-11,19,27-29H,12H2,(H,26,30)/t19-/m1/s1. The molecule has 4 N–H and O–H groups in total. The minimum atomic E-state index is -0.525. The molecule has 3 heterocycles. The van der Waals surface area contributed by atoms with E-state index < -0.39 is 11.9 Å². The number of aromatic nitrogens is 5. The Morgan fingerprint density at radius 3 is 2.47 bits per heavy atom. The van der Waals surface area contributed by atoms with Crippen molar-refractivity contribution in [2.45, 2.75) is 6.04 Å². The van der Waals surface area contributed by atoms with Gasteiger partial charge in [0.2, 0.25) is 5.82 Å². The smallest absolute Gasteiger partial charge is 0.289 e. The average molecular weight is 398 g/mol. The zero-order valence-electron chi connectivity index (χ0n) is 15.8. The number of nitrogens with one attached hydrogen (secondary N) is 3. The highest BCUT2D eigenvalue weighted by Crippen LogP contribution is 2.28. The van der Waals surface area contributed by atoms with Crippen LogP contribution in [0.2, 0.25) is 0 Å². The Balaban J connectivity index is 1.48. The van der Waals surface area contributed by atoms with Crippen molar-refractivity contribution in [2.24, 2.45) is 0 Å². The highest BCUT2D eigenvalue weighted by Gasteiger charge is 2.19. The number of hydrogen-bond acceptors (Lipinski definition) is 5. The summed E-state index contributed by atoms with van der Waals surface area (Å²) >= 11 is 0. The van der Waals surface area contributed by atoms with Gasteiger partial charge in [0.15, 0.2) is 0 Å². The highest BCUT2D eigenvalue weighted by molar-refractivity contribution is 6.02. The number of aliphatic hydroxyl groups excluding tert-OH is 1. The van der Waals surface area contributed by atoms with Crippen molar-refractivity contribution in [1.82, 2.24) is 30.5 Å². The molecule has 30 heavy (non-hydrogen) atoms. The van der Waals surface area contributed by atoms with E-state index in [4.69, 9.17) is 0 Å². The number of carbonyl (C=O) groups is 1. The maximum absolute atomic E-state index is 12.7. The van der Waals surface area contributed by atoms with Gasteiger partial charge >= 0.3 is 0 Å². The first-order valence-corrected chi connectivity index (χ1v) is 9.48. The van der Waals surface area contributed by atoms with Crippen LogP contribution < -0.4 is 5.32 Å². The van der Waals surface area contributed by atoms with Gasteiger partial charge in [0, 0.05) is 23.3 Å². The summed E-state index contributed by atoms with van der Waals surface area (Å²) in [7, 11) is 0. The lowest BCUT2D eigenvalue weighted by Crippen LogP contribution is -2.31. The fourth-order valence-corrected chi connectivity index (χ4v) is 3.51. The summed E-state index contributed by atoms with van der Waals surface area (Å²) in [5.74, 6) is -0.361. The monoisotopic (exact) mass is 398 g/mol. The van der Waals surface area contributed by atoms with Crippen LogP contribution in [0.4, 0.5) is 0 Å². The normalized spacial score (nSPS) is 12.3. The molecule has 2 aromatic carbocycles. The Labute approximate surface area is 171 Å². The predicted octanol–water partition coefficient (Wildman–Crippen LogP) is 2.96. The van der Waals surface area contributed by atoms with Crippen LogP contribution in [-0.4, -0.2) is 42.8 Å². The van der Waals surface area contributed by atoms with Gasteiger partial charge < -0.3 is 15.5 Å². The number of fused-ring (bicyclic) bond motifs is 2. The third kappa shape index (κ3) is 3.19. The molecule has 1 amide bonds. The molecular weight excluding hydrogens is 380 g/mol. The van der Waals surface area contributed by atoms with E-state index in [0.29, 0.717) is 11.0 Å². The zero-order valence-corrected chi connectivity index (χ0v) is 15.8. The van der Waals surface area contributed by atoms with E-state index in [-0.39, 0.29) is 12.4 Å². The number of H-pyrrole nitrogens is 2. The number of benzene rings is 2. The van der Waals surface area contributed by atoms with Gasteiger partial charge in [0.1, 0.15) is 0 Å². The fraction of sp³-hybridized carbons (Fsp3) is 0.0909. The molecule has 0 unspecified atom stereocenters. The quantitative estimate of drug-likeness (QED) is 0.363. The molecule has 5 rings (SSSR count). The van der Waals surface area contributed by atoms with Crippen LogP contribution >= 0.6 is 0 Å². The molecule has 0 aliphatic carbocycles.